The van der Waals surface area contributed by atoms with Gasteiger partial charge in [0.2, 0.25) is 0 Å². The summed E-state index contributed by atoms with van der Waals surface area (Å²) in [6, 6.07) is 10.7. The molecular formula is C15H13F2N3OS. The lowest BCUT2D eigenvalue weighted by Crippen LogP contribution is -2.24. The third-order valence-corrected chi connectivity index (χ3v) is 2.87. The lowest BCUT2D eigenvalue weighted by Gasteiger charge is -2.10. The molecule has 0 spiro atoms. The number of hydrogen-bond acceptors (Lipinski definition) is 3. The van der Waals surface area contributed by atoms with Crippen LogP contribution in [0.15, 0.2) is 47.6 Å². The number of benzene rings is 2. The van der Waals surface area contributed by atoms with E-state index in [1.165, 1.54) is 12.3 Å². The van der Waals surface area contributed by atoms with Crippen LogP contribution < -0.4 is 15.5 Å². The molecule has 2 aromatic carbocycles. The highest BCUT2D eigenvalue weighted by molar-refractivity contribution is 7.80. The van der Waals surface area contributed by atoms with Crippen LogP contribution in [0.2, 0.25) is 0 Å². The van der Waals surface area contributed by atoms with Crippen LogP contribution in [0.5, 0.6) is 5.75 Å². The maximum absolute atomic E-state index is 13.0. The minimum Gasteiger partial charge on any atom is -0.495 e. The molecule has 2 N–H and O–H groups in total. The third kappa shape index (κ3) is 4.23. The fourth-order valence-electron chi connectivity index (χ4n) is 1.66. The SMILES string of the molecule is COc1ccccc1NC(=S)N/N=C/c1ccc(F)c(F)c1. The summed E-state index contributed by atoms with van der Waals surface area (Å²) in [7, 11) is 1.55. The Labute approximate surface area is 131 Å². The number of halogens is 2. The summed E-state index contributed by atoms with van der Waals surface area (Å²) >= 11 is 5.08. The molecule has 0 atom stereocenters. The van der Waals surface area contributed by atoms with E-state index < -0.39 is 11.6 Å². The van der Waals surface area contributed by atoms with Crippen LogP contribution in [0.1, 0.15) is 5.56 Å². The monoisotopic (exact) mass is 321 g/mol. The number of anilines is 1. The lowest BCUT2D eigenvalue weighted by molar-refractivity contribution is 0.417. The van der Waals surface area contributed by atoms with Crippen LogP contribution in [0, 0.1) is 11.6 Å². The van der Waals surface area contributed by atoms with Crippen LogP contribution in [0.4, 0.5) is 14.5 Å². The van der Waals surface area contributed by atoms with Crippen LogP contribution in [-0.4, -0.2) is 18.4 Å². The Balaban J connectivity index is 1.95. The van der Waals surface area contributed by atoms with Crippen molar-refractivity contribution in [1.29, 1.82) is 0 Å². The Morgan fingerprint density at radius 1 is 1.18 bits per heavy atom. The molecule has 4 nitrogen and oxygen atoms in total. The minimum absolute atomic E-state index is 0.239. The highest BCUT2D eigenvalue weighted by Gasteiger charge is 2.03. The summed E-state index contributed by atoms with van der Waals surface area (Å²) in [4.78, 5) is 0. The highest BCUT2D eigenvalue weighted by Crippen LogP contribution is 2.22. The van der Waals surface area contributed by atoms with E-state index in [-0.39, 0.29) is 5.11 Å². The lowest BCUT2D eigenvalue weighted by atomic mass is 10.2. The summed E-state index contributed by atoms with van der Waals surface area (Å²) in [5.74, 6) is -1.20. The zero-order chi connectivity index (χ0) is 15.9. The van der Waals surface area contributed by atoms with Gasteiger partial charge in [-0.1, -0.05) is 18.2 Å². The van der Waals surface area contributed by atoms with Crippen LogP contribution >= 0.6 is 12.2 Å². The molecular weight excluding hydrogens is 308 g/mol. The normalized spacial score (nSPS) is 10.5. The number of ether oxygens (including phenoxy) is 1. The van der Waals surface area contributed by atoms with E-state index in [9.17, 15) is 8.78 Å². The van der Waals surface area contributed by atoms with Gasteiger partial charge < -0.3 is 10.1 Å². The Hall–Kier alpha value is -2.54. The van der Waals surface area contributed by atoms with Crippen molar-refractivity contribution in [2.45, 2.75) is 0 Å². The summed E-state index contributed by atoms with van der Waals surface area (Å²) < 4.78 is 31.0. The number of rotatable bonds is 4. The number of thiocarbonyl (C=S) groups is 1. The van der Waals surface area contributed by atoms with Gasteiger partial charge in [-0.2, -0.15) is 5.10 Å². The molecule has 0 saturated carbocycles. The van der Waals surface area contributed by atoms with Gasteiger partial charge in [0.15, 0.2) is 16.7 Å². The molecule has 22 heavy (non-hydrogen) atoms. The van der Waals surface area contributed by atoms with Gasteiger partial charge in [0, 0.05) is 0 Å². The van der Waals surface area contributed by atoms with Crippen molar-refractivity contribution in [3.8, 4) is 5.75 Å². The number of nitrogens with zero attached hydrogens (tertiary/aromatic N) is 1. The van der Waals surface area contributed by atoms with Crippen molar-refractivity contribution in [1.82, 2.24) is 5.43 Å². The van der Waals surface area contributed by atoms with E-state index in [1.807, 2.05) is 12.1 Å². The molecule has 0 radical (unpaired) electrons. The van der Waals surface area contributed by atoms with Gasteiger partial charge in [-0.05, 0) is 42.0 Å². The van der Waals surface area contributed by atoms with E-state index in [1.54, 1.807) is 19.2 Å². The molecule has 0 bridgehead atoms. The average Bonchev–Trinajstić information content (AvgIpc) is 2.51. The molecule has 0 aromatic heterocycles. The quantitative estimate of drug-likeness (QED) is 0.515. The Kier molecular flexibility index (Phi) is 5.37. The smallest absolute Gasteiger partial charge is 0.191 e. The maximum Gasteiger partial charge on any atom is 0.191 e. The Morgan fingerprint density at radius 2 is 1.95 bits per heavy atom. The van der Waals surface area contributed by atoms with Gasteiger partial charge in [0.1, 0.15) is 5.75 Å². The van der Waals surface area contributed by atoms with Crippen molar-refractivity contribution in [2.75, 3.05) is 12.4 Å². The highest BCUT2D eigenvalue weighted by atomic mass is 32.1. The zero-order valence-corrected chi connectivity index (χ0v) is 12.5. The molecule has 0 heterocycles. The minimum atomic E-state index is -0.932. The van der Waals surface area contributed by atoms with Crippen molar-refractivity contribution < 1.29 is 13.5 Å². The van der Waals surface area contributed by atoms with Gasteiger partial charge >= 0.3 is 0 Å². The van der Waals surface area contributed by atoms with Gasteiger partial charge in [-0.3, -0.25) is 5.43 Å². The fraction of sp³-hybridized carbons (Fsp3) is 0.0667. The predicted molar refractivity (Wildman–Crippen MR) is 86.3 cm³/mol. The first kappa shape index (κ1) is 15.8. The molecule has 0 aliphatic carbocycles. The molecule has 0 amide bonds. The van der Waals surface area contributed by atoms with E-state index in [0.29, 0.717) is 17.0 Å². The van der Waals surface area contributed by atoms with Crippen molar-refractivity contribution in [2.24, 2.45) is 5.10 Å². The van der Waals surface area contributed by atoms with Gasteiger partial charge in [-0.25, -0.2) is 8.78 Å². The molecule has 114 valence electrons. The summed E-state index contributed by atoms with van der Waals surface area (Å²) in [5.41, 5.74) is 3.68. The van der Waals surface area contributed by atoms with Crippen molar-refractivity contribution in [3.05, 3.63) is 59.7 Å². The van der Waals surface area contributed by atoms with E-state index in [2.05, 4.69) is 15.8 Å². The molecule has 0 saturated heterocycles. The summed E-state index contributed by atoms with van der Waals surface area (Å²) in [6.45, 7) is 0. The van der Waals surface area contributed by atoms with E-state index >= 15 is 0 Å². The second-order valence-electron chi connectivity index (χ2n) is 4.20. The fourth-order valence-corrected chi connectivity index (χ4v) is 1.82. The standard InChI is InChI=1S/C15H13F2N3OS/c1-21-14-5-3-2-4-13(14)19-15(22)20-18-9-10-6-7-11(16)12(17)8-10/h2-9H,1H3,(H2,19,20,22)/b18-9+. The van der Waals surface area contributed by atoms with Crippen LogP contribution in [0.25, 0.3) is 0 Å². The predicted octanol–water partition coefficient (Wildman–Crippen LogP) is 3.29. The van der Waals surface area contributed by atoms with Gasteiger partial charge in [-0.15, -0.1) is 0 Å². The zero-order valence-electron chi connectivity index (χ0n) is 11.6. The van der Waals surface area contributed by atoms with Crippen molar-refractivity contribution >= 4 is 29.2 Å². The van der Waals surface area contributed by atoms with Crippen LogP contribution in [-0.2, 0) is 0 Å². The molecule has 0 aliphatic rings. The van der Waals surface area contributed by atoms with E-state index in [4.69, 9.17) is 17.0 Å². The topological polar surface area (TPSA) is 45.6 Å². The summed E-state index contributed by atoms with van der Waals surface area (Å²) in [5, 5.41) is 7.01. The molecule has 7 heteroatoms. The molecule has 2 aromatic rings. The number of methoxy groups -OCH3 is 1. The van der Waals surface area contributed by atoms with Gasteiger partial charge in [0.05, 0.1) is 19.0 Å². The first-order chi connectivity index (χ1) is 10.6. The largest absolute Gasteiger partial charge is 0.495 e. The summed E-state index contributed by atoms with van der Waals surface area (Å²) in [6.07, 6.45) is 1.33. The number of hydrogen-bond donors (Lipinski definition) is 2. The third-order valence-electron chi connectivity index (χ3n) is 2.68. The molecule has 0 unspecified atom stereocenters. The number of para-hydroxylation sites is 2. The second kappa shape index (κ2) is 7.46. The molecule has 0 fully saturated rings. The second-order valence-corrected chi connectivity index (χ2v) is 4.61. The molecule has 0 aliphatic heterocycles. The number of nitrogens with one attached hydrogen (secondary N) is 2. The first-order valence-electron chi connectivity index (χ1n) is 6.28. The number of hydrazone groups is 1. The molecule has 2 rings (SSSR count). The van der Waals surface area contributed by atoms with Gasteiger partial charge in [0.25, 0.3) is 0 Å². The maximum atomic E-state index is 13.0. The first-order valence-corrected chi connectivity index (χ1v) is 6.69. The van der Waals surface area contributed by atoms with Crippen LogP contribution in [0.3, 0.4) is 0 Å². The van der Waals surface area contributed by atoms with Crippen molar-refractivity contribution in [3.63, 3.8) is 0 Å². The Morgan fingerprint density at radius 3 is 2.68 bits per heavy atom. The van der Waals surface area contributed by atoms with E-state index in [0.717, 1.165) is 12.1 Å². The Bertz CT molecular complexity index is 707. The average molecular weight is 321 g/mol.